The van der Waals surface area contributed by atoms with Gasteiger partial charge in [0, 0.05) is 37.2 Å². The number of nitriles is 1. The molecule has 1 fully saturated rings. The molecule has 2 aromatic carbocycles. The van der Waals surface area contributed by atoms with Crippen LogP contribution in [0.2, 0.25) is 0 Å². The molecule has 1 unspecified atom stereocenters. The van der Waals surface area contributed by atoms with E-state index in [1.807, 2.05) is 30.3 Å². The number of rotatable bonds is 10. The third kappa shape index (κ3) is 6.05. The Bertz CT molecular complexity index is 1510. The largest absolute Gasteiger partial charge is 0.493 e. The van der Waals surface area contributed by atoms with Crippen LogP contribution >= 0.6 is 0 Å². The van der Waals surface area contributed by atoms with Crippen LogP contribution in [0.15, 0.2) is 55.1 Å². The molecule has 40 heavy (non-hydrogen) atoms. The first-order valence-electron chi connectivity index (χ1n) is 13.4. The monoisotopic (exact) mass is 539 g/mol. The molecule has 1 saturated heterocycles. The summed E-state index contributed by atoms with van der Waals surface area (Å²) in [5, 5.41) is 13.5. The number of ether oxygens (including phenoxy) is 3. The van der Waals surface area contributed by atoms with E-state index in [9.17, 15) is 5.26 Å². The summed E-state index contributed by atoms with van der Waals surface area (Å²) >= 11 is 0. The van der Waals surface area contributed by atoms with E-state index in [-0.39, 0.29) is 12.2 Å². The Hall–Kier alpha value is -4.49. The van der Waals surface area contributed by atoms with Crippen molar-refractivity contribution in [1.82, 2.24) is 19.9 Å². The first-order valence-corrected chi connectivity index (χ1v) is 13.4. The van der Waals surface area contributed by atoms with Gasteiger partial charge in [-0.15, -0.1) is 0 Å². The molecule has 2 aromatic heterocycles. The van der Waals surface area contributed by atoms with Gasteiger partial charge >= 0.3 is 0 Å². The Morgan fingerprint density at radius 2 is 2.05 bits per heavy atom. The highest BCUT2D eigenvalue weighted by Gasteiger charge is 2.32. The van der Waals surface area contributed by atoms with Crippen LogP contribution in [0.3, 0.4) is 0 Å². The fourth-order valence-electron chi connectivity index (χ4n) is 4.84. The fraction of sp³-hybridized carbons (Fsp3) is 0.367. The van der Waals surface area contributed by atoms with E-state index in [1.165, 1.54) is 0 Å². The Balaban J connectivity index is 1.38. The van der Waals surface area contributed by atoms with Crippen molar-refractivity contribution >= 4 is 28.2 Å². The summed E-state index contributed by atoms with van der Waals surface area (Å²) in [4.78, 5) is 20.0. The molecule has 1 aliphatic rings. The summed E-state index contributed by atoms with van der Waals surface area (Å²) < 4.78 is 17.6. The van der Waals surface area contributed by atoms with Crippen LogP contribution in [0.5, 0.6) is 11.5 Å². The molecule has 0 amide bonds. The molecule has 0 aliphatic carbocycles. The summed E-state index contributed by atoms with van der Waals surface area (Å²) in [6.45, 7) is 6.71. The zero-order valence-corrected chi connectivity index (χ0v) is 23.1. The molecule has 1 atom stereocenters. The van der Waals surface area contributed by atoms with Crippen molar-refractivity contribution in [3.8, 4) is 17.6 Å². The predicted octanol–water partition coefficient (Wildman–Crippen LogP) is 5.41. The van der Waals surface area contributed by atoms with Crippen molar-refractivity contribution in [3.63, 3.8) is 0 Å². The standard InChI is InChI=1S/C30H33N7O3/c1-4-5-10-30(2)20-37(13-14-40-30)28-18-34-25-8-7-24(23(16-31)29(25)36-28)35-21-6-9-26(27(15-21)38-3)39-19-22-17-32-11-12-33-22/h6-9,11-12,15,17-18,35H,4-5,10,13-14,19-20H2,1-3H3. The number of morpholine rings is 1. The highest BCUT2D eigenvalue weighted by atomic mass is 16.5. The topological polar surface area (TPSA) is 118 Å². The van der Waals surface area contributed by atoms with Crippen LogP contribution in [0, 0.1) is 11.3 Å². The number of fused-ring (bicyclic) bond motifs is 1. The lowest BCUT2D eigenvalue weighted by Gasteiger charge is -2.41. The van der Waals surface area contributed by atoms with Crippen LogP contribution < -0.4 is 19.7 Å². The first-order chi connectivity index (χ1) is 19.5. The number of methoxy groups -OCH3 is 1. The van der Waals surface area contributed by atoms with Crippen molar-refractivity contribution in [1.29, 1.82) is 5.26 Å². The number of nitrogens with zero attached hydrogens (tertiary/aromatic N) is 6. The van der Waals surface area contributed by atoms with Gasteiger partial charge in [-0.3, -0.25) is 15.0 Å². The van der Waals surface area contributed by atoms with E-state index in [1.54, 1.807) is 31.9 Å². The van der Waals surface area contributed by atoms with Gasteiger partial charge in [0.25, 0.3) is 0 Å². The molecular weight excluding hydrogens is 506 g/mol. The lowest BCUT2D eigenvalue weighted by Crippen LogP contribution is -2.50. The highest BCUT2D eigenvalue weighted by Crippen LogP contribution is 2.34. The first kappa shape index (κ1) is 27.1. The van der Waals surface area contributed by atoms with Crippen LogP contribution in [0.25, 0.3) is 11.0 Å². The lowest BCUT2D eigenvalue weighted by molar-refractivity contribution is -0.0487. The van der Waals surface area contributed by atoms with E-state index in [4.69, 9.17) is 19.2 Å². The van der Waals surface area contributed by atoms with Crippen molar-refractivity contribution in [3.05, 3.63) is 66.4 Å². The Labute approximate surface area is 234 Å². The molecule has 1 N–H and O–H groups in total. The van der Waals surface area contributed by atoms with E-state index in [0.717, 1.165) is 43.9 Å². The van der Waals surface area contributed by atoms with E-state index in [2.05, 4.69) is 45.1 Å². The fourth-order valence-corrected chi connectivity index (χ4v) is 4.84. The number of aromatic nitrogens is 4. The summed E-state index contributed by atoms with van der Waals surface area (Å²) in [7, 11) is 1.58. The van der Waals surface area contributed by atoms with E-state index in [0.29, 0.717) is 46.1 Å². The Morgan fingerprint density at radius 1 is 1.15 bits per heavy atom. The number of anilines is 3. The second kappa shape index (κ2) is 12.1. The minimum atomic E-state index is -0.226. The molecule has 0 saturated carbocycles. The normalized spacial score (nSPS) is 16.9. The zero-order valence-electron chi connectivity index (χ0n) is 23.1. The van der Waals surface area contributed by atoms with E-state index >= 15 is 0 Å². The van der Waals surface area contributed by atoms with Crippen LogP contribution in [0.1, 0.15) is 44.4 Å². The van der Waals surface area contributed by atoms with Crippen LogP contribution in [-0.4, -0.2) is 52.3 Å². The molecule has 1 aliphatic heterocycles. The molecule has 10 nitrogen and oxygen atoms in total. The summed E-state index contributed by atoms with van der Waals surface area (Å²) in [6, 6.07) is 11.6. The molecule has 0 radical (unpaired) electrons. The maximum Gasteiger partial charge on any atom is 0.162 e. The zero-order chi connectivity index (χ0) is 28.0. The average Bonchev–Trinajstić information content (AvgIpc) is 2.99. The van der Waals surface area contributed by atoms with Gasteiger partial charge in [-0.25, -0.2) is 4.98 Å². The number of hydrogen-bond acceptors (Lipinski definition) is 10. The molecular formula is C30H33N7O3. The predicted molar refractivity (Wildman–Crippen MR) is 153 cm³/mol. The quantitative estimate of drug-likeness (QED) is 0.280. The summed E-state index contributed by atoms with van der Waals surface area (Å²) in [6.07, 6.45) is 9.91. The number of hydrogen-bond donors (Lipinski definition) is 1. The van der Waals surface area contributed by atoms with Gasteiger partial charge in [0.15, 0.2) is 11.5 Å². The highest BCUT2D eigenvalue weighted by molar-refractivity contribution is 5.89. The van der Waals surface area contributed by atoms with Crippen molar-refractivity contribution in [2.45, 2.75) is 45.3 Å². The van der Waals surface area contributed by atoms with Crippen molar-refractivity contribution in [2.24, 2.45) is 0 Å². The lowest BCUT2D eigenvalue weighted by atomic mass is 9.97. The maximum atomic E-state index is 10.2. The SMILES string of the molecule is CCCCC1(C)CN(c2cnc3ccc(Nc4ccc(OCc5cnccn5)c(OC)c4)c(C#N)c3n2)CCO1. The van der Waals surface area contributed by atoms with E-state index < -0.39 is 0 Å². The average molecular weight is 540 g/mol. The summed E-state index contributed by atoms with van der Waals surface area (Å²) in [5.41, 5.74) is 3.51. The van der Waals surface area contributed by atoms with Gasteiger partial charge in [-0.05, 0) is 37.6 Å². The summed E-state index contributed by atoms with van der Waals surface area (Å²) in [5.74, 6) is 1.87. The van der Waals surface area contributed by atoms with Gasteiger partial charge in [-0.1, -0.05) is 19.8 Å². The maximum absolute atomic E-state index is 10.2. The Morgan fingerprint density at radius 3 is 2.83 bits per heavy atom. The third-order valence-corrected chi connectivity index (χ3v) is 6.97. The molecule has 3 heterocycles. The molecule has 10 heteroatoms. The third-order valence-electron chi connectivity index (χ3n) is 6.97. The molecule has 0 spiro atoms. The Kier molecular flexibility index (Phi) is 8.22. The molecule has 5 rings (SSSR count). The van der Waals surface area contributed by atoms with Gasteiger partial charge in [0.05, 0.1) is 48.6 Å². The molecule has 4 aromatic rings. The number of benzene rings is 2. The molecule has 0 bridgehead atoms. The van der Waals surface area contributed by atoms with Crippen LogP contribution in [0.4, 0.5) is 17.2 Å². The van der Waals surface area contributed by atoms with Crippen molar-refractivity contribution in [2.75, 3.05) is 37.0 Å². The minimum absolute atomic E-state index is 0.226. The number of nitrogens with one attached hydrogen (secondary N) is 1. The van der Waals surface area contributed by atoms with Gasteiger partial charge in [0.2, 0.25) is 0 Å². The second-order valence-electron chi connectivity index (χ2n) is 10.00. The molecule has 206 valence electrons. The minimum Gasteiger partial charge on any atom is -0.493 e. The van der Waals surface area contributed by atoms with Crippen LogP contribution in [-0.2, 0) is 11.3 Å². The van der Waals surface area contributed by atoms with Gasteiger partial charge in [-0.2, -0.15) is 5.26 Å². The van der Waals surface area contributed by atoms with Gasteiger partial charge < -0.3 is 24.4 Å². The second-order valence-corrected chi connectivity index (χ2v) is 10.00. The van der Waals surface area contributed by atoms with Gasteiger partial charge in [0.1, 0.15) is 29.6 Å². The van der Waals surface area contributed by atoms with Crippen molar-refractivity contribution < 1.29 is 14.2 Å². The number of unbranched alkanes of at least 4 members (excludes halogenated alkanes) is 1. The smallest absolute Gasteiger partial charge is 0.162 e.